The van der Waals surface area contributed by atoms with Gasteiger partial charge in [0.2, 0.25) is 0 Å². The summed E-state index contributed by atoms with van der Waals surface area (Å²) in [5.41, 5.74) is 0.543. The van der Waals surface area contributed by atoms with E-state index in [1.54, 1.807) is 61.7 Å². The first-order valence-corrected chi connectivity index (χ1v) is 9.20. The molecule has 1 fully saturated rings. The summed E-state index contributed by atoms with van der Waals surface area (Å²) in [6, 6.07) is 13.8. The van der Waals surface area contributed by atoms with Crippen molar-refractivity contribution in [3.8, 4) is 11.5 Å². The molecule has 0 aromatic heterocycles. The maximum absolute atomic E-state index is 12.8. The third-order valence-corrected chi connectivity index (χ3v) is 4.52. The average molecular weight is 417 g/mol. The van der Waals surface area contributed by atoms with Crippen molar-refractivity contribution in [1.29, 1.82) is 0 Å². The summed E-state index contributed by atoms with van der Waals surface area (Å²) in [4.78, 5) is 26.2. The van der Waals surface area contributed by atoms with Crippen molar-refractivity contribution in [1.82, 2.24) is 5.32 Å². The van der Waals surface area contributed by atoms with Gasteiger partial charge in [0, 0.05) is 11.4 Å². The Kier molecular flexibility index (Phi) is 6.28. The number of rotatable bonds is 6. The number of thiocarbonyl (C=S) groups is 1. The van der Waals surface area contributed by atoms with Gasteiger partial charge in [0.05, 0.1) is 19.4 Å². The molecule has 1 aliphatic heterocycles. The van der Waals surface area contributed by atoms with Crippen molar-refractivity contribution in [3.05, 3.63) is 65.2 Å². The maximum atomic E-state index is 12.8. The molecule has 1 heterocycles. The molecule has 1 aliphatic rings. The smallest absolute Gasteiger partial charge is 0.269 e. The molecule has 2 aromatic rings. The molecule has 0 unspecified atom stereocenters. The minimum Gasteiger partial charge on any atom is -0.497 e. The predicted octanol–water partition coefficient (Wildman–Crippen LogP) is 3.49. The van der Waals surface area contributed by atoms with Gasteiger partial charge in [-0.25, -0.2) is 0 Å². The lowest BCUT2D eigenvalue weighted by atomic mass is 10.1. The van der Waals surface area contributed by atoms with Crippen LogP contribution in [0.25, 0.3) is 0 Å². The largest absolute Gasteiger partial charge is 0.497 e. The van der Waals surface area contributed by atoms with Crippen molar-refractivity contribution in [2.75, 3.05) is 18.6 Å². The Balaban J connectivity index is 1.67. The quantitative estimate of drug-likeness (QED) is 0.338. The SMILES string of the molecule is COc1ccc(OCC/C=C2/C(=O)NC(=S)N(c3ccc(Cl)cc3)C2=O)cc1. The van der Waals surface area contributed by atoms with Gasteiger partial charge in [-0.1, -0.05) is 17.7 Å². The summed E-state index contributed by atoms with van der Waals surface area (Å²) in [5, 5.41) is 3.10. The van der Waals surface area contributed by atoms with E-state index in [0.717, 1.165) is 5.75 Å². The molecule has 28 heavy (non-hydrogen) atoms. The number of anilines is 1. The summed E-state index contributed by atoms with van der Waals surface area (Å²) in [6.07, 6.45) is 1.92. The van der Waals surface area contributed by atoms with Gasteiger partial charge < -0.3 is 9.47 Å². The number of methoxy groups -OCH3 is 1. The number of benzene rings is 2. The molecule has 1 saturated heterocycles. The molecular weight excluding hydrogens is 400 g/mol. The average Bonchev–Trinajstić information content (AvgIpc) is 2.69. The number of carbonyl (C=O) groups is 2. The van der Waals surface area contributed by atoms with Crippen molar-refractivity contribution in [3.63, 3.8) is 0 Å². The van der Waals surface area contributed by atoms with Crippen LogP contribution in [0.4, 0.5) is 5.69 Å². The molecular formula is C20H17ClN2O4S. The second kappa shape index (κ2) is 8.86. The molecule has 0 atom stereocenters. The first-order valence-electron chi connectivity index (χ1n) is 8.42. The third kappa shape index (κ3) is 4.49. The number of ether oxygens (including phenoxy) is 2. The van der Waals surface area contributed by atoms with Crippen LogP contribution in [-0.2, 0) is 9.59 Å². The van der Waals surface area contributed by atoms with Crippen LogP contribution >= 0.6 is 23.8 Å². The molecule has 0 radical (unpaired) electrons. The summed E-state index contributed by atoms with van der Waals surface area (Å²) in [6.45, 7) is 0.307. The molecule has 0 spiro atoms. The standard InChI is InChI=1S/C20H17ClN2O4S/c1-26-15-8-10-16(11-9-15)27-12-2-3-17-18(24)22-20(28)23(19(17)25)14-6-4-13(21)5-7-14/h3-11H,2,12H2,1H3,(H,22,24,28)/b17-3-. The summed E-state index contributed by atoms with van der Waals surface area (Å²) in [5.74, 6) is 0.393. The minimum atomic E-state index is -0.523. The lowest BCUT2D eigenvalue weighted by Gasteiger charge is -2.28. The van der Waals surface area contributed by atoms with Gasteiger partial charge in [-0.15, -0.1) is 0 Å². The molecule has 2 aromatic carbocycles. The fourth-order valence-corrected chi connectivity index (χ4v) is 2.99. The molecule has 0 bridgehead atoms. The molecule has 6 nitrogen and oxygen atoms in total. The van der Waals surface area contributed by atoms with Gasteiger partial charge in [-0.3, -0.25) is 19.8 Å². The lowest BCUT2D eigenvalue weighted by Crippen LogP contribution is -2.54. The zero-order valence-electron chi connectivity index (χ0n) is 15.0. The van der Waals surface area contributed by atoms with Crippen molar-refractivity contribution >= 4 is 46.4 Å². The molecule has 0 saturated carbocycles. The van der Waals surface area contributed by atoms with Gasteiger partial charge in [0.25, 0.3) is 11.8 Å². The maximum Gasteiger partial charge on any atom is 0.269 e. The number of nitrogens with one attached hydrogen (secondary N) is 1. The van der Waals surface area contributed by atoms with E-state index >= 15 is 0 Å². The number of hydrogen-bond donors (Lipinski definition) is 1. The molecule has 144 valence electrons. The van der Waals surface area contributed by atoms with Gasteiger partial charge in [0.15, 0.2) is 5.11 Å². The van der Waals surface area contributed by atoms with E-state index in [1.165, 1.54) is 4.90 Å². The normalized spacial score (nSPS) is 15.6. The Morgan fingerprint density at radius 2 is 1.71 bits per heavy atom. The first-order chi connectivity index (χ1) is 13.5. The second-order valence-electron chi connectivity index (χ2n) is 5.81. The number of carbonyl (C=O) groups excluding carboxylic acids is 2. The number of hydrogen-bond acceptors (Lipinski definition) is 5. The first kappa shape index (κ1) is 19.9. The third-order valence-electron chi connectivity index (χ3n) is 3.98. The molecule has 8 heteroatoms. The highest BCUT2D eigenvalue weighted by molar-refractivity contribution is 7.80. The fraction of sp³-hybridized carbons (Fsp3) is 0.150. The highest BCUT2D eigenvalue weighted by atomic mass is 35.5. The Morgan fingerprint density at radius 1 is 1.07 bits per heavy atom. The van der Waals surface area contributed by atoms with E-state index in [-0.39, 0.29) is 10.7 Å². The number of amides is 2. The molecule has 3 rings (SSSR count). The molecule has 2 amide bonds. The van der Waals surface area contributed by atoms with Gasteiger partial charge in [-0.05, 0) is 60.7 Å². The monoisotopic (exact) mass is 416 g/mol. The van der Waals surface area contributed by atoms with Gasteiger partial charge >= 0.3 is 0 Å². The van der Waals surface area contributed by atoms with Crippen molar-refractivity contribution < 1.29 is 19.1 Å². The highest BCUT2D eigenvalue weighted by Crippen LogP contribution is 2.23. The number of nitrogens with zero attached hydrogens (tertiary/aromatic N) is 1. The van der Waals surface area contributed by atoms with Gasteiger partial charge in [0.1, 0.15) is 17.1 Å². The molecule has 1 N–H and O–H groups in total. The van der Waals surface area contributed by atoms with E-state index in [2.05, 4.69) is 5.32 Å². The van der Waals surface area contributed by atoms with Crippen molar-refractivity contribution in [2.24, 2.45) is 0 Å². The number of halogens is 1. The Hall–Kier alpha value is -2.90. The van der Waals surface area contributed by atoms with Crippen LogP contribution in [-0.4, -0.2) is 30.6 Å². The second-order valence-corrected chi connectivity index (χ2v) is 6.63. The van der Waals surface area contributed by atoms with E-state index < -0.39 is 11.8 Å². The van der Waals surface area contributed by atoms with Crippen LogP contribution in [0.5, 0.6) is 11.5 Å². The van der Waals surface area contributed by atoms with Crippen LogP contribution in [0.2, 0.25) is 5.02 Å². The topological polar surface area (TPSA) is 67.9 Å². The minimum absolute atomic E-state index is 0.0156. The zero-order valence-corrected chi connectivity index (χ0v) is 16.5. The predicted molar refractivity (Wildman–Crippen MR) is 111 cm³/mol. The van der Waals surface area contributed by atoms with Crippen LogP contribution in [0, 0.1) is 0 Å². The zero-order chi connectivity index (χ0) is 20.1. The van der Waals surface area contributed by atoms with Crippen LogP contribution < -0.4 is 19.7 Å². The Morgan fingerprint density at radius 3 is 2.36 bits per heavy atom. The Bertz CT molecular complexity index is 926. The highest BCUT2D eigenvalue weighted by Gasteiger charge is 2.34. The van der Waals surface area contributed by atoms with Crippen LogP contribution in [0.1, 0.15) is 6.42 Å². The van der Waals surface area contributed by atoms with E-state index in [1.807, 2.05) is 0 Å². The van der Waals surface area contributed by atoms with E-state index in [0.29, 0.717) is 29.5 Å². The summed E-state index contributed by atoms with van der Waals surface area (Å²) >= 11 is 11.0. The fourth-order valence-electron chi connectivity index (χ4n) is 2.59. The van der Waals surface area contributed by atoms with Crippen molar-refractivity contribution in [2.45, 2.75) is 6.42 Å². The summed E-state index contributed by atoms with van der Waals surface area (Å²) < 4.78 is 10.7. The van der Waals surface area contributed by atoms with E-state index in [4.69, 9.17) is 33.3 Å². The molecule has 0 aliphatic carbocycles. The van der Waals surface area contributed by atoms with Crippen LogP contribution in [0.15, 0.2) is 60.2 Å². The van der Waals surface area contributed by atoms with Crippen LogP contribution in [0.3, 0.4) is 0 Å². The Labute approximate surface area is 172 Å². The lowest BCUT2D eigenvalue weighted by molar-refractivity contribution is -0.122. The summed E-state index contributed by atoms with van der Waals surface area (Å²) in [7, 11) is 1.59. The van der Waals surface area contributed by atoms with E-state index in [9.17, 15) is 9.59 Å². The van der Waals surface area contributed by atoms with Gasteiger partial charge in [-0.2, -0.15) is 0 Å².